The molecule has 1 aliphatic carbocycles. The third-order valence-corrected chi connectivity index (χ3v) is 11.3. The summed E-state index contributed by atoms with van der Waals surface area (Å²) in [6, 6.07) is 2.11. The van der Waals surface area contributed by atoms with E-state index in [1.165, 1.54) is 6.08 Å². The van der Waals surface area contributed by atoms with Crippen LogP contribution in [0.2, 0.25) is 10.0 Å². The minimum Gasteiger partial charge on any atom is -0.379 e. The van der Waals surface area contributed by atoms with Crippen LogP contribution in [0, 0.1) is 18.3 Å². The second kappa shape index (κ2) is 10.3. The zero-order valence-corrected chi connectivity index (χ0v) is 26.1. The normalized spacial score (nSPS) is 23.9. The van der Waals surface area contributed by atoms with Crippen molar-refractivity contribution in [2.75, 3.05) is 57.4 Å². The van der Waals surface area contributed by atoms with Crippen LogP contribution in [0.3, 0.4) is 0 Å². The van der Waals surface area contributed by atoms with Crippen molar-refractivity contribution in [1.82, 2.24) is 29.8 Å². The number of aromatic amines is 1. The van der Waals surface area contributed by atoms with Crippen molar-refractivity contribution in [3.05, 3.63) is 40.7 Å². The summed E-state index contributed by atoms with van der Waals surface area (Å²) in [5, 5.41) is 14.8. The summed E-state index contributed by atoms with van der Waals surface area (Å²) in [6.07, 6.45) is 6.35. The number of rotatable bonds is 6. The maximum absolute atomic E-state index is 12.1. The topological polar surface area (TPSA) is 82.5 Å². The molecule has 3 saturated heterocycles. The van der Waals surface area contributed by atoms with Gasteiger partial charge in [-0.15, -0.1) is 0 Å². The Balaban J connectivity index is 1.26. The summed E-state index contributed by atoms with van der Waals surface area (Å²) in [5.74, 6) is 1.48. The minimum atomic E-state index is -0.112. The molecule has 1 spiro atoms. The lowest BCUT2D eigenvalue weighted by molar-refractivity contribution is -0.149. The van der Waals surface area contributed by atoms with Gasteiger partial charge in [0.1, 0.15) is 0 Å². The number of likely N-dealkylation sites (tertiary alicyclic amines) is 1. The van der Waals surface area contributed by atoms with E-state index >= 15 is 0 Å². The third kappa shape index (κ3) is 4.38. The average molecular weight is 613 g/mol. The average Bonchev–Trinajstić information content (AvgIpc) is 3.60. The van der Waals surface area contributed by atoms with Crippen molar-refractivity contribution >= 4 is 45.8 Å². The van der Waals surface area contributed by atoms with Crippen LogP contribution in [0.1, 0.15) is 44.8 Å². The number of ether oxygens (including phenoxy) is 1. The van der Waals surface area contributed by atoms with Gasteiger partial charge in [0.2, 0.25) is 5.91 Å². The number of morpholine rings is 1. The van der Waals surface area contributed by atoms with E-state index in [9.17, 15) is 4.79 Å². The highest BCUT2D eigenvalue weighted by atomic mass is 35.5. The number of H-pyrrole nitrogens is 1. The Morgan fingerprint density at radius 2 is 1.93 bits per heavy atom. The quantitative estimate of drug-likeness (QED) is 0.379. The lowest BCUT2D eigenvalue weighted by Crippen LogP contribution is -2.63. The molecule has 1 atom stereocenters. The molecule has 0 bridgehead atoms. The van der Waals surface area contributed by atoms with Gasteiger partial charge >= 0.3 is 0 Å². The van der Waals surface area contributed by atoms with E-state index in [1.807, 2.05) is 17.2 Å². The second-order valence-corrected chi connectivity index (χ2v) is 14.1. The van der Waals surface area contributed by atoms with Crippen molar-refractivity contribution in [2.45, 2.75) is 51.6 Å². The van der Waals surface area contributed by atoms with Crippen molar-refractivity contribution in [3.63, 3.8) is 0 Å². The second-order valence-electron chi connectivity index (χ2n) is 13.3. The SMILES string of the molecule is C=CC(=O)N1CC2(CC(n3nc(N4CCC(CN5CCOCC5)C4(C)C)c(-c4c(Cl)c(Cl)cc5[nH]ncc45)c3C)C2)C1. The molecule has 1 N–H and O–H groups in total. The fourth-order valence-corrected chi connectivity index (χ4v) is 8.43. The Morgan fingerprint density at radius 1 is 1.19 bits per heavy atom. The summed E-state index contributed by atoms with van der Waals surface area (Å²) in [7, 11) is 0. The first-order valence-corrected chi connectivity index (χ1v) is 15.8. The number of aromatic nitrogens is 4. The van der Waals surface area contributed by atoms with Gasteiger partial charge in [-0.25, -0.2) is 0 Å². The van der Waals surface area contributed by atoms with Gasteiger partial charge in [0.05, 0.1) is 41.0 Å². The van der Waals surface area contributed by atoms with E-state index in [-0.39, 0.29) is 22.9 Å². The summed E-state index contributed by atoms with van der Waals surface area (Å²) in [4.78, 5) is 19.0. The first-order valence-electron chi connectivity index (χ1n) is 15.0. The molecule has 4 fully saturated rings. The highest BCUT2D eigenvalue weighted by Crippen LogP contribution is 2.56. The molecule has 11 heteroatoms. The van der Waals surface area contributed by atoms with E-state index in [2.05, 4.69) is 52.0 Å². The minimum absolute atomic E-state index is 0.0199. The Labute approximate surface area is 256 Å². The molecule has 224 valence electrons. The summed E-state index contributed by atoms with van der Waals surface area (Å²) >= 11 is 13.7. The highest BCUT2D eigenvalue weighted by molar-refractivity contribution is 6.45. The number of carbonyl (C=O) groups excluding carboxylic acids is 1. The van der Waals surface area contributed by atoms with E-state index in [0.29, 0.717) is 16.0 Å². The molecular formula is C31H39Cl2N7O2. The number of hydrogen-bond acceptors (Lipinski definition) is 6. The van der Waals surface area contributed by atoms with Crippen LogP contribution in [0.25, 0.3) is 22.0 Å². The zero-order valence-electron chi connectivity index (χ0n) is 24.6. The molecule has 3 aromatic rings. The number of nitrogens with one attached hydrogen (secondary N) is 1. The predicted octanol–water partition coefficient (Wildman–Crippen LogP) is 5.33. The molecule has 1 aromatic carbocycles. The van der Waals surface area contributed by atoms with Crippen molar-refractivity contribution in [2.24, 2.45) is 11.3 Å². The van der Waals surface area contributed by atoms with Crippen LogP contribution in [0.5, 0.6) is 0 Å². The molecule has 9 nitrogen and oxygen atoms in total. The number of nitrogens with zero attached hydrogens (tertiary/aromatic N) is 6. The van der Waals surface area contributed by atoms with Gasteiger partial charge in [0.25, 0.3) is 0 Å². The van der Waals surface area contributed by atoms with Gasteiger partial charge in [0.15, 0.2) is 5.82 Å². The van der Waals surface area contributed by atoms with Crippen LogP contribution in [-0.4, -0.2) is 93.7 Å². The molecule has 0 radical (unpaired) electrons. The summed E-state index contributed by atoms with van der Waals surface area (Å²) < 4.78 is 7.83. The van der Waals surface area contributed by atoms with Crippen molar-refractivity contribution in [1.29, 1.82) is 0 Å². The van der Waals surface area contributed by atoms with Crippen molar-refractivity contribution in [3.8, 4) is 11.1 Å². The smallest absolute Gasteiger partial charge is 0.245 e. The maximum Gasteiger partial charge on any atom is 0.245 e. The molecule has 3 aliphatic heterocycles. The number of benzene rings is 1. The van der Waals surface area contributed by atoms with Gasteiger partial charge in [-0.3, -0.25) is 19.5 Å². The van der Waals surface area contributed by atoms with Crippen LogP contribution >= 0.6 is 23.2 Å². The Kier molecular flexibility index (Phi) is 6.88. The molecule has 4 aliphatic rings. The fourth-order valence-electron chi connectivity index (χ4n) is 7.97. The van der Waals surface area contributed by atoms with Gasteiger partial charge in [-0.1, -0.05) is 29.8 Å². The first-order chi connectivity index (χ1) is 20.1. The number of fused-ring (bicyclic) bond motifs is 1. The molecule has 1 amide bonds. The number of halogens is 2. The van der Waals surface area contributed by atoms with Crippen LogP contribution in [-0.2, 0) is 9.53 Å². The van der Waals surface area contributed by atoms with Crippen molar-refractivity contribution < 1.29 is 9.53 Å². The highest BCUT2D eigenvalue weighted by Gasteiger charge is 2.55. The van der Waals surface area contributed by atoms with Gasteiger partial charge < -0.3 is 14.5 Å². The molecule has 1 unspecified atom stereocenters. The monoisotopic (exact) mass is 611 g/mol. The Hall–Kier alpha value is -2.59. The van der Waals surface area contributed by atoms with Gasteiger partial charge in [-0.2, -0.15) is 10.2 Å². The number of hydrogen-bond donors (Lipinski definition) is 1. The first kappa shape index (κ1) is 28.2. The van der Waals surface area contributed by atoms with Crippen LogP contribution in [0.4, 0.5) is 5.82 Å². The van der Waals surface area contributed by atoms with Crippen LogP contribution < -0.4 is 4.90 Å². The molecule has 42 heavy (non-hydrogen) atoms. The molecule has 1 saturated carbocycles. The summed E-state index contributed by atoms with van der Waals surface area (Å²) in [5.41, 5.74) is 3.94. The third-order valence-electron chi connectivity index (χ3n) is 10.5. The van der Waals surface area contributed by atoms with Gasteiger partial charge in [0, 0.05) is 72.4 Å². The van der Waals surface area contributed by atoms with E-state index in [4.69, 9.17) is 33.0 Å². The predicted molar refractivity (Wildman–Crippen MR) is 166 cm³/mol. The van der Waals surface area contributed by atoms with E-state index in [0.717, 1.165) is 105 Å². The molecule has 5 heterocycles. The number of amides is 1. The van der Waals surface area contributed by atoms with Crippen LogP contribution in [0.15, 0.2) is 24.9 Å². The van der Waals surface area contributed by atoms with Gasteiger partial charge in [-0.05, 0) is 58.1 Å². The largest absolute Gasteiger partial charge is 0.379 e. The zero-order chi connectivity index (χ0) is 29.4. The number of carbonyl (C=O) groups is 1. The Morgan fingerprint density at radius 3 is 2.64 bits per heavy atom. The molecule has 7 rings (SSSR count). The molecule has 2 aromatic heterocycles. The Bertz CT molecular complexity index is 1540. The number of anilines is 1. The lowest BCUT2D eigenvalue weighted by Gasteiger charge is -2.58. The fraction of sp³-hybridized carbons (Fsp3) is 0.581. The lowest BCUT2D eigenvalue weighted by atomic mass is 9.60. The van der Waals surface area contributed by atoms with E-state index in [1.54, 1.807) is 0 Å². The summed E-state index contributed by atoms with van der Waals surface area (Å²) in [6.45, 7) is 17.7. The van der Waals surface area contributed by atoms with E-state index < -0.39 is 0 Å². The standard InChI is InChI=1S/C31H39Cl2N7O2/c1-5-25(41)38-17-31(18-38)13-21(14-31)40-19(2)26(27-22-15-34-35-24(22)12-23(32)28(27)33)29(36-40)39-7-6-20(30(39,3)4)16-37-8-10-42-11-9-37/h5,12,15,20-21H,1,6-11,13-14,16-18H2,2-4H3,(H,34,35). The maximum atomic E-state index is 12.1. The molecular weight excluding hydrogens is 573 g/mol.